The molecule has 1 heterocycles. The number of carbonyl (C=O) groups excluding carboxylic acids is 2. The minimum absolute atomic E-state index is 0.0231. The molecule has 6 heteroatoms. The van der Waals surface area contributed by atoms with Crippen molar-refractivity contribution in [3.05, 3.63) is 54.4 Å². The number of anilines is 1. The Morgan fingerprint density at radius 2 is 1.78 bits per heavy atom. The van der Waals surface area contributed by atoms with Gasteiger partial charge in [-0.15, -0.1) is 11.8 Å². The summed E-state index contributed by atoms with van der Waals surface area (Å²) in [5, 5.41) is 5.91. The summed E-state index contributed by atoms with van der Waals surface area (Å²) in [7, 11) is 0. The molecule has 1 fully saturated rings. The van der Waals surface area contributed by atoms with Crippen LogP contribution in [0.5, 0.6) is 0 Å². The fraction of sp³-hybridized carbons (Fsp3) is 0.381. The number of carbonyl (C=O) groups is 2. The van der Waals surface area contributed by atoms with Crippen LogP contribution in [0.1, 0.15) is 42.5 Å². The summed E-state index contributed by atoms with van der Waals surface area (Å²) in [6.45, 7) is 0.767. The van der Waals surface area contributed by atoms with E-state index in [9.17, 15) is 9.59 Å². The van der Waals surface area contributed by atoms with Gasteiger partial charge in [0.25, 0.3) is 5.91 Å². The quantitative estimate of drug-likeness (QED) is 0.706. The summed E-state index contributed by atoms with van der Waals surface area (Å²) >= 11 is 1.40. The summed E-state index contributed by atoms with van der Waals surface area (Å²) in [6, 6.07) is 10.8. The highest BCUT2D eigenvalue weighted by Gasteiger charge is 2.16. The van der Waals surface area contributed by atoms with Crippen molar-refractivity contribution in [2.45, 2.75) is 37.0 Å². The molecule has 0 radical (unpaired) electrons. The Bertz CT molecular complexity index is 761. The van der Waals surface area contributed by atoms with Crippen molar-refractivity contribution >= 4 is 29.3 Å². The predicted molar refractivity (Wildman–Crippen MR) is 109 cm³/mol. The van der Waals surface area contributed by atoms with E-state index in [1.54, 1.807) is 30.6 Å². The standard InChI is InChI=1S/C21H25N3O2S/c25-20(23-14-16-6-2-1-3-7-16)15-27-19-9-5-4-8-18(19)21(26)24-17-10-12-22-13-11-17/h4-5,8-13,16H,1-3,6-7,14-15H2,(H,23,25)(H,22,24,26). The molecule has 27 heavy (non-hydrogen) atoms. The second kappa shape index (κ2) is 10.1. The fourth-order valence-electron chi connectivity index (χ4n) is 3.26. The predicted octanol–water partition coefficient (Wildman–Crippen LogP) is 4.12. The topological polar surface area (TPSA) is 71.1 Å². The Morgan fingerprint density at radius 1 is 1.04 bits per heavy atom. The van der Waals surface area contributed by atoms with E-state index in [0.29, 0.717) is 22.9 Å². The van der Waals surface area contributed by atoms with E-state index in [4.69, 9.17) is 0 Å². The van der Waals surface area contributed by atoms with E-state index in [2.05, 4.69) is 15.6 Å². The molecule has 2 aromatic rings. The number of rotatable bonds is 7. The molecule has 1 aliphatic rings. The van der Waals surface area contributed by atoms with Gasteiger partial charge >= 0.3 is 0 Å². The summed E-state index contributed by atoms with van der Waals surface area (Å²) in [4.78, 5) is 29.5. The first-order valence-corrected chi connectivity index (χ1v) is 10.4. The second-order valence-electron chi connectivity index (χ2n) is 6.78. The molecular formula is C21H25N3O2S. The van der Waals surface area contributed by atoms with Gasteiger partial charge in [0.1, 0.15) is 0 Å². The molecule has 3 rings (SSSR count). The van der Waals surface area contributed by atoms with E-state index in [1.807, 2.05) is 18.2 Å². The van der Waals surface area contributed by atoms with E-state index in [-0.39, 0.29) is 11.8 Å². The molecule has 2 N–H and O–H groups in total. The lowest BCUT2D eigenvalue weighted by Gasteiger charge is -2.21. The number of thioether (sulfide) groups is 1. The first-order valence-electron chi connectivity index (χ1n) is 9.42. The number of amides is 2. The molecule has 0 bridgehead atoms. The van der Waals surface area contributed by atoms with Crippen molar-refractivity contribution in [3.8, 4) is 0 Å². The van der Waals surface area contributed by atoms with Crippen molar-refractivity contribution in [2.75, 3.05) is 17.6 Å². The van der Waals surface area contributed by atoms with Crippen LogP contribution in [-0.2, 0) is 4.79 Å². The van der Waals surface area contributed by atoms with Crippen LogP contribution in [0.3, 0.4) is 0 Å². The molecule has 5 nitrogen and oxygen atoms in total. The van der Waals surface area contributed by atoms with Gasteiger partial charge in [0.05, 0.1) is 11.3 Å². The number of aromatic nitrogens is 1. The Labute approximate surface area is 164 Å². The fourth-order valence-corrected chi connectivity index (χ4v) is 4.14. The van der Waals surface area contributed by atoms with Crippen LogP contribution in [0.2, 0.25) is 0 Å². The maximum Gasteiger partial charge on any atom is 0.256 e. The molecule has 0 aliphatic heterocycles. The van der Waals surface area contributed by atoms with Gasteiger partial charge in [0.15, 0.2) is 0 Å². The van der Waals surface area contributed by atoms with Crippen LogP contribution in [0.15, 0.2) is 53.7 Å². The monoisotopic (exact) mass is 383 g/mol. The first-order chi connectivity index (χ1) is 13.2. The van der Waals surface area contributed by atoms with Gasteiger partial charge < -0.3 is 10.6 Å². The lowest BCUT2D eigenvalue weighted by molar-refractivity contribution is -0.118. The summed E-state index contributed by atoms with van der Waals surface area (Å²) in [5.74, 6) is 0.764. The molecule has 142 valence electrons. The zero-order valence-electron chi connectivity index (χ0n) is 15.3. The molecule has 1 aliphatic carbocycles. The number of hydrogen-bond donors (Lipinski definition) is 2. The lowest BCUT2D eigenvalue weighted by atomic mass is 9.89. The van der Waals surface area contributed by atoms with E-state index >= 15 is 0 Å². The van der Waals surface area contributed by atoms with Crippen molar-refractivity contribution < 1.29 is 9.59 Å². The van der Waals surface area contributed by atoms with Gasteiger partial charge in [-0.1, -0.05) is 31.4 Å². The minimum Gasteiger partial charge on any atom is -0.355 e. The molecule has 0 unspecified atom stereocenters. The van der Waals surface area contributed by atoms with Crippen LogP contribution in [0, 0.1) is 5.92 Å². The maximum absolute atomic E-state index is 12.6. The molecule has 1 saturated carbocycles. The zero-order valence-corrected chi connectivity index (χ0v) is 16.1. The Kier molecular flexibility index (Phi) is 7.27. The third kappa shape index (κ3) is 6.10. The second-order valence-corrected chi connectivity index (χ2v) is 7.80. The van der Waals surface area contributed by atoms with Gasteiger partial charge in [0, 0.05) is 29.5 Å². The number of pyridine rings is 1. The molecule has 0 atom stereocenters. The third-order valence-electron chi connectivity index (χ3n) is 4.74. The molecule has 1 aromatic heterocycles. The average molecular weight is 384 g/mol. The molecular weight excluding hydrogens is 358 g/mol. The molecule has 0 spiro atoms. The van der Waals surface area contributed by atoms with Gasteiger partial charge in [-0.05, 0) is 43.0 Å². The van der Waals surface area contributed by atoms with Gasteiger partial charge in [-0.2, -0.15) is 0 Å². The van der Waals surface area contributed by atoms with Gasteiger partial charge in [-0.25, -0.2) is 0 Å². The summed E-state index contributed by atoms with van der Waals surface area (Å²) < 4.78 is 0. The van der Waals surface area contributed by atoms with Crippen molar-refractivity contribution in [1.29, 1.82) is 0 Å². The molecule has 1 aromatic carbocycles. The molecule has 0 saturated heterocycles. The maximum atomic E-state index is 12.6. The van der Waals surface area contributed by atoms with Crippen molar-refractivity contribution in [3.63, 3.8) is 0 Å². The highest BCUT2D eigenvalue weighted by atomic mass is 32.2. The van der Waals surface area contributed by atoms with Crippen LogP contribution in [-0.4, -0.2) is 29.1 Å². The Balaban J connectivity index is 1.52. The van der Waals surface area contributed by atoms with Crippen molar-refractivity contribution in [1.82, 2.24) is 10.3 Å². The highest BCUT2D eigenvalue weighted by Crippen LogP contribution is 2.24. The first kappa shape index (κ1) is 19.4. The number of benzene rings is 1. The highest BCUT2D eigenvalue weighted by molar-refractivity contribution is 8.00. The van der Waals surface area contributed by atoms with Crippen LogP contribution < -0.4 is 10.6 Å². The van der Waals surface area contributed by atoms with Crippen molar-refractivity contribution in [2.24, 2.45) is 5.92 Å². The third-order valence-corrected chi connectivity index (χ3v) is 5.81. The van der Waals surface area contributed by atoms with Gasteiger partial charge in [-0.3, -0.25) is 14.6 Å². The summed E-state index contributed by atoms with van der Waals surface area (Å²) in [6.07, 6.45) is 9.56. The number of hydrogen-bond acceptors (Lipinski definition) is 4. The smallest absolute Gasteiger partial charge is 0.256 e. The van der Waals surface area contributed by atoms with Crippen LogP contribution >= 0.6 is 11.8 Å². The summed E-state index contributed by atoms with van der Waals surface area (Å²) in [5.41, 5.74) is 1.26. The number of nitrogens with zero attached hydrogens (tertiary/aromatic N) is 1. The number of nitrogens with one attached hydrogen (secondary N) is 2. The van der Waals surface area contributed by atoms with E-state index < -0.39 is 0 Å². The van der Waals surface area contributed by atoms with Crippen LogP contribution in [0.4, 0.5) is 5.69 Å². The van der Waals surface area contributed by atoms with E-state index in [1.165, 1.54) is 43.9 Å². The normalized spacial score (nSPS) is 14.5. The van der Waals surface area contributed by atoms with Gasteiger partial charge in [0.2, 0.25) is 5.91 Å². The minimum atomic E-state index is -0.188. The average Bonchev–Trinajstić information content (AvgIpc) is 2.72. The zero-order chi connectivity index (χ0) is 18.9. The molecule has 2 amide bonds. The van der Waals surface area contributed by atoms with E-state index in [0.717, 1.165) is 11.4 Å². The van der Waals surface area contributed by atoms with Crippen LogP contribution in [0.25, 0.3) is 0 Å². The Morgan fingerprint density at radius 3 is 2.56 bits per heavy atom. The lowest BCUT2D eigenvalue weighted by Crippen LogP contribution is -2.31. The Hall–Kier alpha value is -2.34. The SMILES string of the molecule is O=C(CSc1ccccc1C(=O)Nc1ccncc1)NCC1CCCCC1. The largest absolute Gasteiger partial charge is 0.355 e.